The second-order valence-electron chi connectivity index (χ2n) is 10.0. The van der Waals surface area contributed by atoms with Crippen LogP contribution in [0.2, 0.25) is 0 Å². The fourth-order valence-electron chi connectivity index (χ4n) is 4.68. The second-order valence-corrected chi connectivity index (χ2v) is 10.0. The van der Waals surface area contributed by atoms with Gasteiger partial charge in [0.15, 0.2) is 0 Å². The third-order valence-corrected chi connectivity index (χ3v) is 6.90. The van der Waals surface area contributed by atoms with E-state index in [-0.39, 0.29) is 30.9 Å². The maximum absolute atomic E-state index is 13.6. The number of aromatic hydroxyl groups is 1. The minimum atomic E-state index is -1.26. The number of nitrogens with zero attached hydrogens (tertiary/aromatic N) is 1. The number of benzene rings is 2. The summed E-state index contributed by atoms with van der Waals surface area (Å²) in [5, 5.41) is 30.6. The Hall–Kier alpha value is -4.71. The Morgan fingerprint density at radius 3 is 2.07 bits per heavy atom. The number of carbonyl (C=O) groups is 4. The Morgan fingerprint density at radius 2 is 1.49 bits per heavy atom. The first kappa shape index (κ1) is 29.3. The lowest BCUT2D eigenvalue weighted by molar-refractivity contribution is -0.142. The van der Waals surface area contributed by atoms with Crippen LogP contribution in [0.4, 0.5) is 0 Å². The quantitative estimate of drug-likeness (QED) is 0.156. The molecular weight excluding hydrogens is 528 g/mol. The highest BCUT2D eigenvalue weighted by Crippen LogP contribution is 2.13. The largest absolute Gasteiger partial charge is 0.508 e. The summed E-state index contributed by atoms with van der Waals surface area (Å²) in [6.07, 6.45) is 4.56. The van der Waals surface area contributed by atoms with Crippen molar-refractivity contribution in [2.45, 2.75) is 56.3 Å². The zero-order valence-electron chi connectivity index (χ0n) is 22.4. The molecule has 4 atom stereocenters. The number of carboxylic acid groups (broad SMARTS) is 1. The van der Waals surface area contributed by atoms with Gasteiger partial charge in [-0.15, -0.1) is 0 Å². The topological polar surface area (TPSA) is 186 Å². The van der Waals surface area contributed by atoms with E-state index in [1.165, 1.54) is 24.7 Å². The molecule has 4 unspecified atom stereocenters. The van der Waals surface area contributed by atoms with Gasteiger partial charge in [-0.1, -0.05) is 42.5 Å². The van der Waals surface area contributed by atoms with Gasteiger partial charge in [0.1, 0.15) is 23.9 Å². The molecule has 0 aliphatic carbocycles. The molecule has 2 heterocycles. The number of carboxylic acids is 1. The summed E-state index contributed by atoms with van der Waals surface area (Å²) in [4.78, 5) is 58.7. The Kier molecular flexibility index (Phi) is 10.1. The molecule has 1 aromatic heterocycles. The number of aromatic amines is 1. The van der Waals surface area contributed by atoms with E-state index < -0.39 is 42.0 Å². The van der Waals surface area contributed by atoms with Gasteiger partial charge in [0, 0.05) is 31.2 Å². The van der Waals surface area contributed by atoms with Gasteiger partial charge in [0.05, 0.1) is 12.4 Å². The Labute approximate surface area is 237 Å². The normalized spacial score (nSPS) is 16.7. The van der Waals surface area contributed by atoms with Gasteiger partial charge < -0.3 is 36.5 Å². The highest BCUT2D eigenvalue weighted by molar-refractivity contribution is 5.94. The van der Waals surface area contributed by atoms with Gasteiger partial charge in [-0.25, -0.2) is 9.78 Å². The van der Waals surface area contributed by atoms with E-state index in [2.05, 4.69) is 31.2 Å². The number of phenols is 1. The van der Waals surface area contributed by atoms with Crippen molar-refractivity contribution in [3.63, 3.8) is 0 Å². The summed E-state index contributed by atoms with van der Waals surface area (Å²) >= 11 is 0. The summed E-state index contributed by atoms with van der Waals surface area (Å²) in [6, 6.07) is 11.4. The number of aromatic nitrogens is 2. The predicted molar refractivity (Wildman–Crippen MR) is 149 cm³/mol. The zero-order chi connectivity index (χ0) is 29.2. The van der Waals surface area contributed by atoms with Gasteiger partial charge in [-0.3, -0.25) is 14.4 Å². The van der Waals surface area contributed by atoms with E-state index in [9.17, 15) is 29.4 Å². The Morgan fingerprint density at radius 1 is 0.854 bits per heavy atom. The second kappa shape index (κ2) is 14.1. The van der Waals surface area contributed by atoms with Crippen LogP contribution in [-0.4, -0.2) is 74.6 Å². The number of imidazole rings is 1. The molecule has 216 valence electrons. The lowest BCUT2D eigenvalue weighted by atomic mass is 10.0. The van der Waals surface area contributed by atoms with Gasteiger partial charge in [-0.05, 0) is 42.6 Å². The van der Waals surface area contributed by atoms with E-state index in [0.717, 1.165) is 12.0 Å². The molecule has 0 bridgehead atoms. The van der Waals surface area contributed by atoms with Crippen molar-refractivity contribution in [3.05, 3.63) is 83.9 Å². The average molecular weight is 563 g/mol. The van der Waals surface area contributed by atoms with Gasteiger partial charge in [0.2, 0.25) is 17.7 Å². The molecule has 0 saturated carbocycles. The predicted octanol–water partition coefficient (Wildman–Crippen LogP) is 0.434. The maximum Gasteiger partial charge on any atom is 0.326 e. The standard InChI is InChI=1S/C29H34N6O6/c36-21-10-8-19(9-11-21)14-24(33-26(37)22-7-4-12-31-22)27(38)34-23(13-18-5-2-1-3-6-18)28(39)35-25(29(40)41)15-20-16-30-17-32-20/h1-3,5-6,8-11,16-17,22-25,31,36H,4,7,12-15H2,(H,30,32)(H,33,37)(H,34,38)(H,35,39)(H,40,41). The average Bonchev–Trinajstić information content (AvgIpc) is 3.68. The zero-order valence-corrected chi connectivity index (χ0v) is 22.4. The molecule has 1 aliphatic rings. The molecule has 12 nitrogen and oxygen atoms in total. The first-order chi connectivity index (χ1) is 19.8. The van der Waals surface area contributed by atoms with Crippen molar-refractivity contribution in [1.82, 2.24) is 31.2 Å². The molecule has 2 aromatic carbocycles. The first-order valence-electron chi connectivity index (χ1n) is 13.4. The van der Waals surface area contributed by atoms with Crippen LogP contribution in [0, 0.1) is 0 Å². The SMILES string of the molecule is O=C(O)C(Cc1cnc[nH]1)NC(=O)C(Cc1ccccc1)NC(=O)C(Cc1ccc(O)cc1)NC(=O)C1CCCN1. The third-order valence-electron chi connectivity index (χ3n) is 6.90. The molecule has 3 amide bonds. The van der Waals surface area contributed by atoms with Crippen LogP contribution in [-0.2, 0) is 38.4 Å². The van der Waals surface area contributed by atoms with Crippen LogP contribution in [0.15, 0.2) is 67.1 Å². The molecule has 41 heavy (non-hydrogen) atoms. The van der Waals surface area contributed by atoms with Crippen molar-refractivity contribution in [1.29, 1.82) is 0 Å². The van der Waals surface area contributed by atoms with Crippen molar-refractivity contribution >= 4 is 23.7 Å². The fraction of sp³-hybridized carbons (Fsp3) is 0.345. The molecule has 1 fully saturated rings. The number of rotatable bonds is 13. The minimum absolute atomic E-state index is 0.0268. The molecular formula is C29H34N6O6. The lowest BCUT2D eigenvalue weighted by Gasteiger charge is -2.25. The van der Waals surface area contributed by atoms with Crippen LogP contribution in [0.3, 0.4) is 0 Å². The minimum Gasteiger partial charge on any atom is -0.508 e. The van der Waals surface area contributed by atoms with Crippen molar-refractivity contribution in [3.8, 4) is 5.75 Å². The van der Waals surface area contributed by atoms with Crippen molar-refractivity contribution in [2.24, 2.45) is 0 Å². The number of aliphatic carboxylic acids is 1. The molecule has 7 N–H and O–H groups in total. The lowest BCUT2D eigenvalue weighted by Crippen LogP contribution is -2.58. The van der Waals surface area contributed by atoms with Crippen LogP contribution < -0.4 is 21.3 Å². The smallest absolute Gasteiger partial charge is 0.326 e. The molecule has 12 heteroatoms. The molecule has 0 radical (unpaired) electrons. The van der Waals surface area contributed by atoms with E-state index in [1.54, 1.807) is 36.4 Å². The van der Waals surface area contributed by atoms with Gasteiger partial charge in [0.25, 0.3) is 0 Å². The van der Waals surface area contributed by atoms with Crippen molar-refractivity contribution < 1.29 is 29.4 Å². The van der Waals surface area contributed by atoms with Crippen LogP contribution in [0.5, 0.6) is 5.75 Å². The highest BCUT2D eigenvalue weighted by atomic mass is 16.4. The van der Waals surface area contributed by atoms with Crippen LogP contribution in [0.25, 0.3) is 0 Å². The highest BCUT2D eigenvalue weighted by Gasteiger charge is 2.32. The van der Waals surface area contributed by atoms with Crippen molar-refractivity contribution in [2.75, 3.05) is 6.54 Å². The summed E-state index contributed by atoms with van der Waals surface area (Å²) in [5.74, 6) is -2.77. The fourth-order valence-corrected chi connectivity index (χ4v) is 4.68. The molecule has 0 spiro atoms. The molecule has 4 rings (SSSR count). The molecule has 1 saturated heterocycles. The van der Waals surface area contributed by atoms with Crippen LogP contribution >= 0.6 is 0 Å². The van der Waals surface area contributed by atoms with E-state index in [0.29, 0.717) is 24.2 Å². The third kappa shape index (κ3) is 8.64. The number of hydrogen-bond acceptors (Lipinski definition) is 7. The molecule has 1 aliphatic heterocycles. The van der Waals surface area contributed by atoms with E-state index in [4.69, 9.17) is 0 Å². The Bertz CT molecular complexity index is 1310. The van der Waals surface area contributed by atoms with Crippen LogP contribution in [0.1, 0.15) is 29.7 Å². The van der Waals surface area contributed by atoms with E-state index in [1.807, 2.05) is 6.07 Å². The number of phenolic OH excluding ortho intramolecular Hbond substituents is 1. The molecule has 3 aromatic rings. The Balaban J connectivity index is 1.53. The first-order valence-corrected chi connectivity index (χ1v) is 13.4. The summed E-state index contributed by atoms with van der Waals surface area (Å²) in [5.41, 5.74) is 1.97. The number of H-pyrrole nitrogens is 1. The van der Waals surface area contributed by atoms with Gasteiger partial charge in [-0.2, -0.15) is 0 Å². The summed E-state index contributed by atoms with van der Waals surface area (Å²) < 4.78 is 0. The maximum atomic E-state index is 13.6. The van der Waals surface area contributed by atoms with E-state index >= 15 is 0 Å². The summed E-state index contributed by atoms with van der Waals surface area (Å²) in [6.45, 7) is 0.704. The monoisotopic (exact) mass is 562 g/mol. The number of amides is 3. The number of nitrogens with one attached hydrogen (secondary N) is 5. The summed E-state index contributed by atoms with van der Waals surface area (Å²) in [7, 11) is 0. The number of hydrogen-bond donors (Lipinski definition) is 7. The van der Waals surface area contributed by atoms with Gasteiger partial charge >= 0.3 is 5.97 Å². The number of carbonyl (C=O) groups excluding carboxylic acids is 3.